The fraction of sp³-hybridized carbons (Fsp3) is 0.182. The van der Waals surface area contributed by atoms with Gasteiger partial charge in [0.1, 0.15) is 0 Å². The Bertz CT molecular complexity index is 546. The first-order chi connectivity index (χ1) is 7.52. The number of anilines is 1. The predicted molar refractivity (Wildman–Crippen MR) is 67.5 cm³/mol. The molecule has 2 aromatic rings. The van der Waals surface area contributed by atoms with Gasteiger partial charge < -0.3 is 5.73 Å². The van der Waals surface area contributed by atoms with Crippen LogP contribution in [0.5, 0.6) is 0 Å². The Kier molecular flexibility index (Phi) is 2.82. The molecule has 0 atom stereocenters. The van der Waals surface area contributed by atoms with Gasteiger partial charge in [-0.25, -0.2) is 4.68 Å². The van der Waals surface area contributed by atoms with Gasteiger partial charge in [-0.2, -0.15) is 5.10 Å². The van der Waals surface area contributed by atoms with Crippen molar-refractivity contribution in [1.82, 2.24) is 9.78 Å². The minimum absolute atomic E-state index is 0.481. The van der Waals surface area contributed by atoms with E-state index in [1.807, 2.05) is 26.0 Å². The molecule has 2 N–H and O–H groups in total. The van der Waals surface area contributed by atoms with Gasteiger partial charge in [0, 0.05) is 0 Å². The van der Waals surface area contributed by atoms with E-state index in [9.17, 15) is 0 Å². The zero-order chi connectivity index (χ0) is 11.9. The highest BCUT2D eigenvalue weighted by Crippen LogP contribution is 2.30. The number of hydrogen-bond donors (Lipinski definition) is 1. The van der Waals surface area contributed by atoms with Gasteiger partial charge >= 0.3 is 0 Å². The second kappa shape index (κ2) is 4.00. The summed E-state index contributed by atoms with van der Waals surface area (Å²) in [7, 11) is 0. The normalized spacial score (nSPS) is 10.8. The highest BCUT2D eigenvalue weighted by atomic mass is 35.5. The molecular weight excluding hydrogens is 245 g/mol. The minimum Gasteiger partial charge on any atom is -0.396 e. The molecule has 16 heavy (non-hydrogen) atoms. The van der Waals surface area contributed by atoms with Crippen LogP contribution in [0.3, 0.4) is 0 Å². The summed E-state index contributed by atoms with van der Waals surface area (Å²) in [5.41, 5.74) is 8.94. The third-order valence-corrected chi connectivity index (χ3v) is 3.32. The second-order valence-corrected chi connectivity index (χ2v) is 4.35. The van der Waals surface area contributed by atoms with E-state index in [0.717, 1.165) is 17.1 Å². The molecule has 1 aromatic carbocycles. The van der Waals surface area contributed by atoms with Crippen LogP contribution in [0.25, 0.3) is 5.69 Å². The summed E-state index contributed by atoms with van der Waals surface area (Å²) in [5.74, 6) is 0. The Morgan fingerprint density at radius 1 is 1.25 bits per heavy atom. The zero-order valence-corrected chi connectivity index (χ0v) is 10.5. The Hall–Kier alpha value is -1.19. The van der Waals surface area contributed by atoms with Crippen LogP contribution in [0, 0.1) is 13.8 Å². The summed E-state index contributed by atoms with van der Waals surface area (Å²) in [4.78, 5) is 0. The number of nitrogens with zero attached hydrogens (tertiary/aromatic N) is 2. The van der Waals surface area contributed by atoms with Gasteiger partial charge in [-0.05, 0) is 26.0 Å². The van der Waals surface area contributed by atoms with Crippen LogP contribution in [0.1, 0.15) is 11.4 Å². The molecular formula is C11H11Cl2N3. The fourth-order valence-electron chi connectivity index (χ4n) is 1.55. The number of aromatic nitrogens is 2. The summed E-state index contributed by atoms with van der Waals surface area (Å²) < 4.78 is 1.71. The summed E-state index contributed by atoms with van der Waals surface area (Å²) >= 11 is 12.1. The topological polar surface area (TPSA) is 43.8 Å². The molecule has 1 heterocycles. The molecule has 1 aromatic heterocycles. The molecule has 0 fully saturated rings. The van der Waals surface area contributed by atoms with E-state index < -0.39 is 0 Å². The monoisotopic (exact) mass is 255 g/mol. The number of aryl methyl sites for hydroxylation is 1. The third kappa shape index (κ3) is 1.66. The average molecular weight is 256 g/mol. The zero-order valence-electron chi connectivity index (χ0n) is 8.96. The first-order valence-corrected chi connectivity index (χ1v) is 5.54. The highest BCUT2D eigenvalue weighted by molar-refractivity contribution is 6.43. The van der Waals surface area contributed by atoms with Crippen molar-refractivity contribution in [2.24, 2.45) is 0 Å². The smallest absolute Gasteiger partial charge is 0.0851 e. The van der Waals surface area contributed by atoms with E-state index in [0.29, 0.717) is 15.7 Å². The number of benzene rings is 1. The maximum absolute atomic E-state index is 6.13. The van der Waals surface area contributed by atoms with E-state index in [4.69, 9.17) is 28.9 Å². The molecule has 0 amide bonds. The van der Waals surface area contributed by atoms with Crippen LogP contribution in [-0.4, -0.2) is 9.78 Å². The Morgan fingerprint density at radius 3 is 2.50 bits per heavy atom. The number of nitrogens with two attached hydrogens (primary N) is 1. The number of halogens is 2. The minimum atomic E-state index is 0.481. The van der Waals surface area contributed by atoms with E-state index in [2.05, 4.69) is 5.10 Å². The summed E-state index contributed by atoms with van der Waals surface area (Å²) in [6, 6.07) is 5.42. The van der Waals surface area contributed by atoms with Crippen molar-refractivity contribution in [1.29, 1.82) is 0 Å². The van der Waals surface area contributed by atoms with Gasteiger partial charge in [0.25, 0.3) is 0 Å². The average Bonchev–Trinajstić information content (AvgIpc) is 2.50. The Labute approximate surface area is 104 Å². The van der Waals surface area contributed by atoms with Gasteiger partial charge in [0.15, 0.2) is 0 Å². The van der Waals surface area contributed by atoms with Gasteiger partial charge in [-0.1, -0.05) is 29.3 Å². The molecule has 0 radical (unpaired) electrons. The van der Waals surface area contributed by atoms with Crippen molar-refractivity contribution in [2.45, 2.75) is 13.8 Å². The molecule has 2 rings (SSSR count). The standard InChI is InChI=1S/C11H11Cl2N3/c1-6-11(14)7(2)16(15-6)9-5-3-4-8(12)10(9)13/h3-5H,14H2,1-2H3. The lowest BCUT2D eigenvalue weighted by Crippen LogP contribution is -2.00. The van der Waals surface area contributed by atoms with Crippen molar-refractivity contribution in [3.63, 3.8) is 0 Å². The summed E-state index contributed by atoms with van der Waals surface area (Å²) in [5, 5.41) is 5.32. The molecule has 0 aliphatic rings. The van der Waals surface area contributed by atoms with Crippen LogP contribution in [0.4, 0.5) is 5.69 Å². The quantitative estimate of drug-likeness (QED) is 0.849. The van der Waals surface area contributed by atoms with Crippen LogP contribution in [0.15, 0.2) is 18.2 Å². The van der Waals surface area contributed by atoms with E-state index in [-0.39, 0.29) is 0 Å². The molecule has 0 saturated heterocycles. The lowest BCUT2D eigenvalue weighted by Gasteiger charge is -2.07. The lowest BCUT2D eigenvalue weighted by molar-refractivity contribution is 0.834. The summed E-state index contributed by atoms with van der Waals surface area (Å²) in [6.07, 6.45) is 0. The first-order valence-electron chi connectivity index (χ1n) is 4.78. The maximum atomic E-state index is 6.13. The number of rotatable bonds is 1. The van der Waals surface area contributed by atoms with Gasteiger partial charge in [0.05, 0.1) is 32.8 Å². The van der Waals surface area contributed by atoms with Crippen LogP contribution < -0.4 is 5.73 Å². The van der Waals surface area contributed by atoms with E-state index >= 15 is 0 Å². The SMILES string of the molecule is Cc1nn(-c2cccc(Cl)c2Cl)c(C)c1N. The van der Waals surface area contributed by atoms with Crippen molar-refractivity contribution in [3.8, 4) is 5.69 Å². The maximum Gasteiger partial charge on any atom is 0.0851 e. The molecule has 84 valence electrons. The van der Waals surface area contributed by atoms with E-state index in [1.165, 1.54) is 0 Å². The number of nitrogen functional groups attached to an aromatic ring is 1. The van der Waals surface area contributed by atoms with Crippen molar-refractivity contribution < 1.29 is 0 Å². The van der Waals surface area contributed by atoms with Crippen LogP contribution in [0.2, 0.25) is 10.0 Å². The summed E-state index contributed by atoms with van der Waals surface area (Å²) in [6.45, 7) is 3.75. The second-order valence-electron chi connectivity index (χ2n) is 3.57. The van der Waals surface area contributed by atoms with Crippen molar-refractivity contribution >= 4 is 28.9 Å². The van der Waals surface area contributed by atoms with E-state index in [1.54, 1.807) is 10.7 Å². The molecule has 0 spiro atoms. The van der Waals surface area contributed by atoms with Gasteiger partial charge in [-0.15, -0.1) is 0 Å². The highest BCUT2D eigenvalue weighted by Gasteiger charge is 2.13. The van der Waals surface area contributed by atoms with Crippen LogP contribution >= 0.6 is 23.2 Å². The first kappa shape index (κ1) is 11.3. The molecule has 0 aliphatic heterocycles. The molecule has 3 nitrogen and oxygen atoms in total. The third-order valence-electron chi connectivity index (χ3n) is 2.51. The van der Waals surface area contributed by atoms with Crippen molar-refractivity contribution in [3.05, 3.63) is 39.6 Å². The largest absolute Gasteiger partial charge is 0.396 e. The molecule has 0 unspecified atom stereocenters. The molecule has 5 heteroatoms. The Morgan fingerprint density at radius 2 is 1.94 bits per heavy atom. The predicted octanol–water partition coefficient (Wildman–Crippen LogP) is 3.38. The van der Waals surface area contributed by atoms with Gasteiger partial charge in [-0.3, -0.25) is 0 Å². The molecule has 0 saturated carbocycles. The fourth-order valence-corrected chi connectivity index (χ4v) is 1.92. The van der Waals surface area contributed by atoms with Crippen LogP contribution in [-0.2, 0) is 0 Å². The molecule has 0 aliphatic carbocycles. The van der Waals surface area contributed by atoms with Crippen molar-refractivity contribution in [2.75, 3.05) is 5.73 Å². The molecule has 0 bridgehead atoms. The Balaban J connectivity index is 2.68. The lowest BCUT2D eigenvalue weighted by atomic mass is 10.3. The number of hydrogen-bond acceptors (Lipinski definition) is 2. The van der Waals surface area contributed by atoms with Gasteiger partial charge in [0.2, 0.25) is 0 Å².